The van der Waals surface area contributed by atoms with E-state index in [9.17, 15) is 0 Å². The van der Waals surface area contributed by atoms with Gasteiger partial charge in [0.15, 0.2) is 0 Å². The van der Waals surface area contributed by atoms with Gasteiger partial charge < -0.3 is 10.6 Å². The van der Waals surface area contributed by atoms with E-state index in [-0.39, 0.29) is 6.04 Å². The van der Waals surface area contributed by atoms with Crippen LogP contribution in [0.25, 0.3) is 0 Å². The lowest BCUT2D eigenvalue weighted by Crippen LogP contribution is -2.30. The Morgan fingerprint density at radius 3 is 2.65 bits per heavy atom. The Bertz CT molecular complexity index is 466. The fourth-order valence-corrected chi connectivity index (χ4v) is 3.16. The first kappa shape index (κ1) is 14.4. The van der Waals surface area contributed by atoms with Crippen LogP contribution in [0.2, 0.25) is 0 Å². The van der Waals surface area contributed by atoms with Gasteiger partial charge in [0.05, 0.1) is 0 Å². The summed E-state index contributed by atoms with van der Waals surface area (Å²) in [6, 6.07) is 7.78. The van der Waals surface area contributed by atoms with Gasteiger partial charge >= 0.3 is 0 Å². The van der Waals surface area contributed by atoms with Crippen molar-refractivity contribution in [3.8, 4) is 0 Å². The summed E-state index contributed by atoms with van der Waals surface area (Å²) in [5.41, 5.74) is 9.04. The number of hydrogen-bond donors (Lipinski definition) is 1. The molecule has 1 atom stereocenters. The first-order valence-electron chi connectivity index (χ1n) is 7.98. The minimum Gasteiger partial charge on any atom is -0.368 e. The summed E-state index contributed by atoms with van der Waals surface area (Å²) >= 11 is 3.64. The molecular weight excluding hydrogens is 312 g/mol. The molecule has 2 aliphatic rings. The van der Waals surface area contributed by atoms with Crippen LogP contribution in [0.1, 0.15) is 44.6 Å². The first-order valence-corrected chi connectivity index (χ1v) is 8.77. The van der Waals surface area contributed by atoms with E-state index in [0.717, 1.165) is 24.8 Å². The van der Waals surface area contributed by atoms with Gasteiger partial charge in [-0.05, 0) is 62.1 Å². The highest BCUT2D eigenvalue weighted by atomic mass is 79.9. The van der Waals surface area contributed by atoms with Crippen molar-refractivity contribution in [1.82, 2.24) is 0 Å². The van der Waals surface area contributed by atoms with Crippen molar-refractivity contribution in [2.45, 2.75) is 57.5 Å². The number of rotatable bonds is 7. The monoisotopic (exact) mass is 336 g/mol. The minimum atomic E-state index is 0.275. The van der Waals surface area contributed by atoms with Crippen LogP contribution in [0.3, 0.4) is 0 Å². The number of nitrogens with zero attached hydrogens (tertiary/aromatic N) is 1. The quantitative estimate of drug-likeness (QED) is 0.811. The van der Waals surface area contributed by atoms with Crippen molar-refractivity contribution in [2.75, 3.05) is 11.4 Å². The third-order valence-corrected chi connectivity index (χ3v) is 5.00. The molecular formula is C17H25BrN2. The highest BCUT2D eigenvalue weighted by molar-refractivity contribution is 9.10. The Morgan fingerprint density at radius 2 is 2.05 bits per heavy atom. The normalized spacial score (nSPS) is 19.9. The molecule has 1 aromatic rings. The SMILES string of the molecule is CCC(N)Cc1ccc(Br)cc1N(CC1CC1)C1CC1. The van der Waals surface area contributed by atoms with E-state index in [2.05, 4.69) is 46.0 Å². The number of nitrogens with two attached hydrogens (primary N) is 1. The van der Waals surface area contributed by atoms with E-state index in [4.69, 9.17) is 5.73 Å². The van der Waals surface area contributed by atoms with Crippen LogP contribution >= 0.6 is 15.9 Å². The maximum Gasteiger partial charge on any atom is 0.0413 e. The molecule has 20 heavy (non-hydrogen) atoms. The molecule has 3 heteroatoms. The Kier molecular flexibility index (Phi) is 4.37. The second kappa shape index (κ2) is 6.07. The predicted molar refractivity (Wildman–Crippen MR) is 89.2 cm³/mol. The van der Waals surface area contributed by atoms with Gasteiger partial charge in [-0.3, -0.25) is 0 Å². The van der Waals surface area contributed by atoms with Gasteiger partial charge in [0.1, 0.15) is 0 Å². The van der Waals surface area contributed by atoms with Crippen molar-refractivity contribution < 1.29 is 0 Å². The summed E-state index contributed by atoms with van der Waals surface area (Å²) in [6.45, 7) is 3.42. The molecule has 1 unspecified atom stereocenters. The highest BCUT2D eigenvalue weighted by Crippen LogP contribution is 2.40. The van der Waals surface area contributed by atoms with Gasteiger partial charge in [-0.15, -0.1) is 0 Å². The molecule has 0 radical (unpaired) electrons. The zero-order valence-electron chi connectivity index (χ0n) is 12.3. The standard InChI is InChI=1S/C17H25BrN2/c1-2-15(19)9-13-5-6-14(18)10-17(13)20(16-7-8-16)11-12-3-4-12/h5-6,10,12,15-16H,2-4,7-9,11,19H2,1H3. The number of hydrogen-bond acceptors (Lipinski definition) is 2. The Labute approximate surface area is 130 Å². The second-order valence-electron chi connectivity index (χ2n) is 6.47. The van der Waals surface area contributed by atoms with E-state index < -0.39 is 0 Å². The Morgan fingerprint density at radius 1 is 1.30 bits per heavy atom. The molecule has 0 aromatic heterocycles. The number of halogens is 1. The van der Waals surface area contributed by atoms with Gasteiger partial charge in [-0.1, -0.05) is 28.9 Å². The molecule has 0 spiro atoms. The van der Waals surface area contributed by atoms with E-state index in [0.29, 0.717) is 0 Å². The fourth-order valence-electron chi connectivity index (χ4n) is 2.81. The Balaban J connectivity index is 1.85. The summed E-state index contributed by atoms with van der Waals surface area (Å²) < 4.78 is 1.18. The van der Waals surface area contributed by atoms with Crippen LogP contribution in [-0.4, -0.2) is 18.6 Å². The van der Waals surface area contributed by atoms with Gasteiger partial charge in [-0.25, -0.2) is 0 Å². The number of benzene rings is 1. The van der Waals surface area contributed by atoms with Gasteiger partial charge in [0.25, 0.3) is 0 Å². The van der Waals surface area contributed by atoms with Crippen molar-refractivity contribution in [3.63, 3.8) is 0 Å². The van der Waals surface area contributed by atoms with E-state index in [1.807, 2.05) is 0 Å². The number of anilines is 1. The first-order chi connectivity index (χ1) is 9.67. The molecule has 0 aliphatic heterocycles. The lowest BCUT2D eigenvalue weighted by molar-refractivity contribution is 0.640. The predicted octanol–water partition coefficient (Wildman–Crippen LogP) is 4.11. The highest BCUT2D eigenvalue weighted by Gasteiger charge is 2.34. The topological polar surface area (TPSA) is 29.3 Å². The molecule has 2 aliphatic carbocycles. The van der Waals surface area contributed by atoms with Gasteiger partial charge in [-0.2, -0.15) is 0 Å². The van der Waals surface area contributed by atoms with Crippen LogP contribution in [0.4, 0.5) is 5.69 Å². The minimum absolute atomic E-state index is 0.275. The summed E-state index contributed by atoms with van der Waals surface area (Å²) in [6.07, 6.45) is 7.59. The van der Waals surface area contributed by atoms with Gasteiger partial charge in [0, 0.05) is 28.8 Å². The zero-order chi connectivity index (χ0) is 14.1. The average molecular weight is 337 g/mol. The molecule has 2 saturated carbocycles. The molecule has 0 heterocycles. The molecule has 2 nitrogen and oxygen atoms in total. The molecule has 1 aromatic carbocycles. The van der Waals surface area contributed by atoms with Crippen LogP contribution in [-0.2, 0) is 6.42 Å². The van der Waals surface area contributed by atoms with Crippen LogP contribution in [0.5, 0.6) is 0 Å². The molecule has 2 N–H and O–H groups in total. The lowest BCUT2D eigenvalue weighted by atomic mass is 10.0. The molecule has 110 valence electrons. The van der Waals surface area contributed by atoms with E-state index >= 15 is 0 Å². The molecule has 0 amide bonds. The molecule has 3 rings (SSSR count). The largest absolute Gasteiger partial charge is 0.368 e. The summed E-state index contributed by atoms with van der Waals surface area (Å²) in [5, 5.41) is 0. The zero-order valence-corrected chi connectivity index (χ0v) is 13.9. The van der Waals surface area contributed by atoms with E-state index in [1.54, 1.807) is 0 Å². The van der Waals surface area contributed by atoms with E-state index in [1.165, 1.54) is 48.0 Å². The van der Waals surface area contributed by atoms with Crippen LogP contribution < -0.4 is 10.6 Å². The fraction of sp³-hybridized carbons (Fsp3) is 0.647. The lowest BCUT2D eigenvalue weighted by Gasteiger charge is -2.28. The third-order valence-electron chi connectivity index (χ3n) is 4.50. The summed E-state index contributed by atoms with van der Waals surface area (Å²) in [7, 11) is 0. The van der Waals surface area contributed by atoms with Crippen molar-refractivity contribution in [1.29, 1.82) is 0 Å². The summed E-state index contributed by atoms with van der Waals surface area (Å²) in [4.78, 5) is 2.67. The second-order valence-corrected chi connectivity index (χ2v) is 7.39. The third kappa shape index (κ3) is 3.56. The van der Waals surface area contributed by atoms with Crippen molar-refractivity contribution in [2.24, 2.45) is 11.7 Å². The summed E-state index contributed by atoms with van der Waals surface area (Å²) in [5.74, 6) is 0.933. The smallest absolute Gasteiger partial charge is 0.0413 e. The molecule has 0 saturated heterocycles. The van der Waals surface area contributed by atoms with Gasteiger partial charge in [0.2, 0.25) is 0 Å². The molecule has 2 fully saturated rings. The average Bonchev–Trinajstić information content (AvgIpc) is 3.30. The van der Waals surface area contributed by atoms with Crippen LogP contribution in [0, 0.1) is 5.92 Å². The maximum absolute atomic E-state index is 6.19. The molecule has 0 bridgehead atoms. The van der Waals surface area contributed by atoms with Crippen LogP contribution in [0.15, 0.2) is 22.7 Å². The van der Waals surface area contributed by atoms with Crippen molar-refractivity contribution >= 4 is 21.6 Å². The maximum atomic E-state index is 6.19. The Hall–Kier alpha value is -0.540. The van der Waals surface area contributed by atoms with Crippen molar-refractivity contribution in [3.05, 3.63) is 28.2 Å².